The first-order valence-electron chi connectivity index (χ1n) is 6.49. The van der Waals surface area contributed by atoms with E-state index in [4.69, 9.17) is 0 Å². The third kappa shape index (κ3) is 2.54. The Balaban J connectivity index is 1.78. The van der Waals surface area contributed by atoms with Crippen molar-refractivity contribution in [1.82, 2.24) is 14.3 Å². The van der Waals surface area contributed by atoms with Crippen molar-refractivity contribution >= 4 is 5.78 Å². The second-order valence-electron chi connectivity index (χ2n) is 4.72. The maximum absolute atomic E-state index is 11.3. The zero-order valence-electron chi connectivity index (χ0n) is 11.2. The van der Waals surface area contributed by atoms with Gasteiger partial charge in [-0.25, -0.2) is 4.68 Å². The molecule has 0 atom stereocenters. The molecule has 0 aliphatic rings. The van der Waals surface area contributed by atoms with Crippen LogP contribution < -0.4 is 0 Å². The Morgan fingerprint density at radius 2 is 1.90 bits per heavy atom. The smallest absolute Gasteiger partial charge is 0.161 e. The molecule has 0 N–H and O–H groups in total. The Bertz CT molecular complexity index is 725. The molecule has 0 spiro atoms. The minimum Gasteiger partial charge on any atom is -0.348 e. The Morgan fingerprint density at radius 3 is 2.60 bits per heavy atom. The summed E-state index contributed by atoms with van der Waals surface area (Å²) in [6.07, 6.45) is 5.70. The molecule has 0 bridgehead atoms. The van der Waals surface area contributed by atoms with E-state index in [1.54, 1.807) is 6.92 Å². The highest BCUT2D eigenvalue weighted by atomic mass is 16.1. The van der Waals surface area contributed by atoms with Crippen LogP contribution in [0.4, 0.5) is 0 Å². The van der Waals surface area contributed by atoms with Gasteiger partial charge in [0, 0.05) is 24.2 Å². The minimum atomic E-state index is 0.0820. The van der Waals surface area contributed by atoms with Crippen LogP contribution in [0, 0.1) is 0 Å². The van der Waals surface area contributed by atoms with Crippen molar-refractivity contribution < 1.29 is 4.79 Å². The first-order valence-corrected chi connectivity index (χ1v) is 6.49. The first-order chi connectivity index (χ1) is 9.72. The molecule has 20 heavy (non-hydrogen) atoms. The molecule has 0 aliphatic heterocycles. The molecule has 2 aromatic heterocycles. The van der Waals surface area contributed by atoms with Crippen molar-refractivity contribution in [3.8, 4) is 5.69 Å². The highest BCUT2D eigenvalue weighted by Gasteiger charge is 2.04. The molecule has 0 saturated heterocycles. The topological polar surface area (TPSA) is 39.8 Å². The monoisotopic (exact) mass is 265 g/mol. The van der Waals surface area contributed by atoms with E-state index in [9.17, 15) is 4.79 Å². The van der Waals surface area contributed by atoms with E-state index in [0.29, 0.717) is 6.54 Å². The zero-order valence-corrected chi connectivity index (χ0v) is 11.2. The lowest BCUT2D eigenvalue weighted by Gasteiger charge is -2.01. The van der Waals surface area contributed by atoms with Crippen LogP contribution >= 0.6 is 0 Å². The van der Waals surface area contributed by atoms with E-state index in [2.05, 4.69) is 5.10 Å². The second kappa shape index (κ2) is 5.17. The third-order valence-corrected chi connectivity index (χ3v) is 3.17. The van der Waals surface area contributed by atoms with Crippen molar-refractivity contribution in [1.29, 1.82) is 0 Å². The van der Waals surface area contributed by atoms with Crippen molar-refractivity contribution in [3.05, 3.63) is 72.3 Å². The number of benzene rings is 1. The molecule has 0 aliphatic carbocycles. The lowest BCUT2D eigenvalue weighted by atomic mass is 10.2. The van der Waals surface area contributed by atoms with Crippen LogP contribution in [0.25, 0.3) is 5.69 Å². The van der Waals surface area contributed by atoms with E-state index in [1.807, 2.05) is 70.3 Å². The lowest BCUT2D eigenvalue weighted by Crippen LogP contribution is -2.00. The number of para-hydroxylation sites is 1. The number of hydrogen-bond donors (Lipinski definition) is 0. The number of carbonyl (C=O) groups is 1. The molecule has 100 valence electrons. The highest BCUT2D eigenvalue weighted by molar-refractivity contribution is 5.93. The number of Topliss-reactive ketones (excluding diaryl/α,β-unsaturated/α-hetero) is 1. The molecule has 0 radical (unpaired) electrons. The first kappa shape index (κ1) is 12.4. The van der Waals surface area contributed by atoms with E-state index in [0.717, 1.165) is 16.9 Å². The normalized spacial score (nSPS) is 10.7. The second-order valence-corrected chi connectivity index (χ2v) is 4.72. The fourth-order valence-corrected chi connectivity index (χ4v) is 2.10. The summed E-state index contributed by atoms with van der Waals surface area (Å²) in [6.45, 7) is 2.23. The number of nitrogens with zero attached hydrogens (tertiary/aromatic N) is 3. The van der Waals surface area contributed by atoms with Crippen molar-refractivity contribution in [2.24, 2.45) is 0 Å². The zero-order chi connectivity index (χ0) is 13.9. The fourth-order valence-electron chi connectivity index (χ4n) is 2.10. The van der Waals surface area contributed by atoms with Gasteiger partial charge in [-0.15, -0.1) is 0 Å². The summed E-state index contributed by atoms with van der Waals surface area (Å²) in [5.41, 5.74) is 2.72. The van der Waals surface area contributed by atoms with Gasteiger partial charge in [0.1, 0.15) is 0 Å². The summed E-state index contributed by atoms with van der Waals surface area (Å²) in [5, 5.41) is 4.54. The summed E-state index contributed by atoms with van der Waals surface area (Å²) in [7, 11) is 0. The Labute approximate surface area is 117 Å². The minimum absolute atomic E-state index is 0.0820. The predicted octanol–water partition coefficient (Wildman–Crippen LogP) is 2.92. The molecular weight excluding hydrogens is 250 g/mol. The van der Waals surface area contributed by atoms with Crippen molar-refractivity contribution in [3.63, 3.8) is 0 Å². The van der Waals surface area contributed by atoms with Gasteiger partial charge in [0.15, 0.2) is 5.78 Å². The third-order valence-electron chi connectivity index (χ3n) is 3.17. The highest BCUT2D eigenvalue weighted by Crippen LogP contribution is 2.09. The van der Waals surface area contributed by atoms with Crippen LogP contribution in [0.5, 0.6) is 0 Å². The predicted molar refractivity (Wildman–Crippen MR) is 77.1 cm³/mol. The van der Waals surface area contributed by atoms with Crippen LogP contribution in [0.15, 0.2) is 61.1 Å². The van der Waals surface area contributed by atoms with Gasteiger partial charge in [-0.05, 0) is 31.2 Å². The lowest BCUT2D eigenvalue weighted by molar-refractivity contribution is 0.101. The van der Waals surface area contributed by atoms with Crippen molar-refractivity contribution in [2.45, 2.75) is 13.5 Å². The van der Waals surface area contributed by atoms with Gasteiger partial charge >= 0.3 is 0 Å². The molecule has 4 nitrogen and oxygen atoms in total. The largest absolute Gasteiger partial charge is 0.348 e. The number of rotatable bonds is 4. The van der Waals surface area contributed by atoms with Gasteiger partial charge in [0.2, 0.25) is 0 Å². The average molecular weight is 265 g/mol. The number of ketones is 1. The van der Waals surface area contributed by atoms with Crippen molar-refractivity contribution in [2.75, 3.05) is 0 Å². The molecule has 0 amide bonds. The Hall–Kier alpha value is -2.62. The summed E-state index contributed by atoms with van der Waals surface area (Å²) in [6, 6.07) is 13.8. The van der Waals surface area contributed by atoms with Crippen LogP contribution in [0.1, 0.15) is 23.0 Å². The number of hydrogen-bond acceptors (Lipinski definition) is 2. The molecule has 3 aromatic rings. The molecule has 0 unspecified atom stereocenters. The SMILES string of the molecule is CC(=O)c1ccn(Cc2ccn(-c3ccccc3)n2)c1. The van der Waals surface area contributed by atoms with Gasteiger partial charge in [-0.3, -0.25) is 4.79 Å². The van der Waals surface area contributed by atoms with Gasteiger partial charge in [0.25, 0.3) is 0 Å². The molecule has 1 aromatic carbocycles. The molecule has 0 saturated carbocycles. The van der Waals surface area contributed by atoms with Crippen LogP contribution in [0.2, 0.25) is 0 Å². The summed E-state index contributed by atoms with van der Waals surface area (Å²) < 4.78 is 3.82. The summed E-state index contributed by atoms with van der Waals surface area (Å²) in [4.78, 5) is 11.3. The van der Waals surface area contributed by atoms with E-state index < -0.39 is 0 Å². The van der Waals surface area contributed by atoms with E-state index >= 15 is 0 Å². The van der Waals surface area contributed by atoms with Crippen LogP contribution in [-0.4, -0.2) is 20.1 Å². The summed E-state index contributed by atoms with van der Waals surface area (Å²) in [5.74, 6) is 0.0820. The quantitative estimate of drug-likeness (QED) is 0.680. The van der Waals surface area contributed by atoms with E-state index in [1.165, 1.54) is 0 Å². The van der Waals surface area contributed by atoms with Gasteiger partial charge in [-0.1, -0.05) is 18.2 Å². The number of carbonyl (C=O) groups excluding carboxylic acids is 1. The standard InChI is InChI=1S/C16H15N3O/c1-13(20)14-7-9-18(11-14)12-15-8-10-19(17-15)16-5-3-2-4-6-16/h2-11H,12H2,1H3. The maximum atomic E-state index is 11.3. The Kier molecular flexibility index (Phi) is 3.21. The fraction of sp³-hybridized carbons (Fsp3) is 0.125. The Morgan fingerprint density at radius 1 is 1.10 bits per heavy atom. The molecular formula is C16H15N3O. The average Bonchev–Trinajstić information content (AvgIpc) is 3.10. The van der Waals surface area contributed by atoms with Gasteiger partial charge < -0.3 is 4.57 Å². The van der Waals surface area contributed by atoms with E-state index in [-0.39, 0.29) is 5.78 Å². The molecule has 3 rings (SSSR count). The van der Waals surface area contributed by atoms with Gasteiger partial charge in [-0.2, -0.15) is 5.10 Å². The molecule has 2 heterocycles. The van der Waals surface area contributed by atoms with Gasteiger partial charge in [0.05, 0.1) is 17.9 Å². The summed E-state index contributed by atoms with van der Waals surface area (Å²) >= 11 is 0. The molecule has 4 heteroatoms. The number of aromatic nitrogens is 3. The van der Waals surface area contributed by atoms with Crippen LogP contribution in [-0.2, 0) is 6.54 Å². The maximum Gasteiger partial charge on any atom is 0.161 e. The molecule has 0 fully saturated rings. The van der Waals surface area contributed by atoms with Crippen LogP contribution in [0.3, 0.4) is 0 Å².